The van der Waals surface area contributed by atoms with Crippen LogP contribution in [-0.4, -0.2) is 33.3 Å². The van der Waals surface area contributed by atoms with Crippen LogP contribution in [0.1, 0.15) is 25.1 Å². The highest BCUT2D eigenvalue weighted by molar-refractivity contribution is 5.47. The maximum atomic E-state index is 10.4. The summed E-state index contributed by atoms with van der Waals surface area (Å²) in [6.45, 7) is 4.94. The molecule has 0 saturated carbocycles. The number of aromatic amines is 1. The normalized spacial score (nSPS) is 16.4. The zero-order valence-corrected chi connectivity index (χ0v) is 9.99. The summed E-state index contributed by atoms with van der Waals surface area (Å²) in [6.07, 6.45) is 2.17. The van der Waals surface area contributed by atoms with E-state index in [4.69, 9.17) is 10.6 Å². The Morgan fingerprint density at radius 1 is 1.65 bits per heavy atom. The summed E-state index contributed by atoms with van der Waals surface area (Å²) >= 11 is 0. The fraction of sp³-hybridized carbons (Fsp3) is 0.545. The van der Waals surface area contributed by atoms with Crippen molar-refractivity contribution in [3.8, 4) is 0 Å². The van der Waals surface area contributed by atoms with E-state index in [2.05, 4.69) is 10.2 Å². The second-order valence-corrected chi connectivity index (χ2v) is 4.64. The van der Waals surface area contributed by atoms with E-state index in [0.717, 1.165) is 24.2 Å². The van der Waals surface area contributed by atoms with Gasteiger partial charge in [0.05, 0.1) is 6.54 Å². The fourth-order valence-electron chi connectivity index (χ4n) is 1.87. The molecule has 2 heterocycles. The minimum Gasteiger partial charge on any atom is -0.382 e. The predicted octanol–water partition coefficient (Wildman–Crippen LogP) is 0.448. The number of H-pyrrole nitrogens is 1. The first-order valence-electron chi connectivity index (χ1n) is 5.49. The number of nitrogen functional groups attached to an aromatic ring is 1. The van der Waals surface area contributed by atoms with E-state index in [1.165, 1.54) is 6.08 Å². The van der Waals surface area contributed by atoms with Crippen LogP contribution in [0.2, 0.25) is 0 Å². The van der Waals surface area contributed by atoms with Crippen LogP contribution in [0.5, 0.6) is 0 Å². The molecule has 0 amide bonds. The molecule has 6 heteroatoms. The van der Waals surface area contributed by atoms with Gasteiger partial charge in [-0.05, 0) is 13.8 Å². The van der Waals surface area contributed by atoms with Gasteiger partial charge in [-0.2, -0.15) is 10.2 Å². The van der Waals surface area contributed by atoms with Gasteiger partial charge in [0.15, 0.2) is 0 Å². The molecule has 0 atom stereocenters. The van der Waals surface area contributed by atoms with E-state index < -0.39 is 5.60 Å². The minimum absolute atomic E-state index is 0.511. The Hall–Kier alpha value is -1.62. The number of rotatable bonds is 3. The molecule has 3 N–H and O–H groups in total. The average Bonchev–Trinajstić information content (AvgIpc) is 2.60. The number of hydroxylamine groups is 2. The highest BCUT2D eigenvalue weighted by Crippen LogP contribution is 2.24. The summed E-state index contributed by atoms with van der Waals surface area (Å²) in [5.74, 6) is 2.26. The third-order valence-electron chi connectivity index (χ3n) is 2.70. The van der Waals surface area contributed by atoms with Crippen molar-refractivity contribution in [3.63, 3.8) is 0 Å². The number of hydrogen-bond acceptors (Lipinski definition) is 5. The van der Waals surface area contributed by atoms with Crippen molar-refractivity contribution in [3.05, 3.63) is 17.3 Å². The van der Waals surface area contributed by atoms with Crippen LogP contribution in [-0.2, 0) is 22.6 Å². The van der Waals surface area contributed by atoms with Crippen LogP contribution in [0, 0.1) is 0 Å². The SMILES string of the molecule is CC(C)(C=C=O)ON1CCc2[nH]nc(N)c2C1. The number of anilines is 1. The quantitative estimate of drug-likeness (QED) is 0.744. The van der Waals surface area contributed by atoms with E-state index in [9.17, 15) is 4.79 Å². The van der Waals surface area contributed by atoms with Gasteiger partial charge >= 0.3 is 0 Å². The standard InChI is InChI=1S/C11H16N4O2/c1-11(2,4-6-16)17-15-5-3-9-8(7-15)10(12)14-13-9/h4H,3,5,7H2,1-2H3,(H3,12,13,14). The molecule has 0 aromatic carbocycles. The molecule has 1 aromatic rings. The molecule has 0 spiro atoms. The Kier molecular flexibility index (Phi) is 3.02. The van der Waals surface area contributed by atoms with Gasteiger partial charge in [-0.3, -0.25) is 9.94 Å². The zero-order valence-electron chi connectivity index (χ0n) is 9.99. The maximum absolute atomic E-state index is 10.4. The van der Waals surface area contributed by atoms with E-state index in [1.807, 2.05) is 13.8 Å². The van der Waals surface area contributed by atoms with Gasteiger partial charge in [0.2, 0.25) is 0 Å². The van der Waals surface area contributed by atoms with Crippen LogP contribution < -0.4 is 5.73 Å². The lowest BCUT2D eigenvalue weighted by Crippen LogP contribution is -2.38. The van der Waals surface area contributed by atoms with Crippen molar-refractivity contribution >= 4 is 11.8 Å². The molecule has 92 valence electrons. The van der Waals surface area contributed by atoms with Gasteiger partial charge in [-0.25, -0.2) is 4.79 Å². The first kappa shape index (κ1) is 11.9. The van der Waals surface area contributed by atoms with Crippen molar-refractivity contribution in [1.82, 2.24) is 15.3 Å². The largest absolute Gasteiger partial charge is 0.382 e. The molecular weight excluding hydrogens is 220 g/mol. The van der Waals surface area contributed by atoms with Gasteiger partial charge in [0, 0.05) is 30.3 Å². The Morgan fingerprint density at radius 2 is 2.41 bits per heavy atom. The number of nitrogens with zero attached hydrogens (tertiary/aromatic N) is 2. The van der Waals surface area contributed by atoms with E-state index >= 15 is 0 Å². The zero-order chi connectivity index (χ0) is 12.5. The number of carbonyl (C=O) groups excluding carboxylic acids is 1. The first-order chi connectivity index (χ1) is 8.02. The van der Waals surface area contributed by atoms with Gasteiger partial charge in [-0.1, -0.05) is 0 Å². The monoisotopic (exact) mass is 236 g/mol. The topological polar surface area (TPSA) is 84.2 Å². The number of hydrogen-bond donors (Lipinski definition) is 2. The van der Waals surface area contributed by atoms with Gasteiger partial charge in [0.25, 0.3) is 0 Å². The smallest absolute Gasteiger partial charge is 0.150 e. The van der Waals surface area contributed by atoms with E-state index in [1.54, 1.807) is 11.0 Å². The average molecular weight is 236 g/mol. The molecule has 6 nitrogen and oxygen atoms in total. The van der Waals surface area contributed by atoms with Crippen LogP contribution in [0.15, 0.2) is 6.08 Å². The third kappa shape index (κ3) is 2.55. The van der Waals surface area contributed by atoms with Crippen molar-refractivity contribution in [1.29, 1.82) is 0 Å². The van der Waals surface area contributed by atoms with Gasteiger partial charge in [-0.15, -0.1) is 0 Å². The molecule has 1 aliphatic rings. The number of nitrogens with two attached hydrogens (primary N) is 1. The van der Waals surface area contributed by atoms with Gasteiger partial charge in [0.1, 0.15) is 17.4 Å². The predicted molar refractivity (Wildman–Crippen MR) is 62.5 cm³/mol. The molecule has 2 rings (SSSR count). The third-order valence-corrected chi connectivity index (χ3v) is 2.70. The van der Waals surface area contributed by atoms with Crippen LogP contribution >= 0.6 is 0 Å². The molecule has 0 bridgehead atoms. The molecule has 0 unspecified atom stereocenters. The van der Waals surface area contributed by atoms with Crippen molar-refractivity contribution in [2.24, 2.45) is 0 Å². The van der Waals surface area contributed by atoms with Gasteiger partial charge < -0.3 is 5.73 Å². The number of aromatic nitrogens is 2. The first-order valence-corrected chi connectivity index (χ1v) is 5.49. The molecule has 17 heavy (non-hydrogen) atoms. The summed E-state index contributed by atoms with van der Waals surface area (Å²) in [7, 11) is 0. The lowest BCUT2D eigenvalue weighted by Gasteiger charge is -2.32. The van der Waals surface area contributed by atoms with E-state index in [0.29, 0.717) is 12.4 Å². The van der Waals surface area contributed by atoms with Crippen molar-refractivity contribution < 1.29 is 9.63 Å². The second kappa shape index (κ2) is 4.33. The number of fused-ring (bicyclic) bond motifs is 1. The highest BCUT2D eigenvalue weighted by atomic mass is 16.7. The van der Waals surface area contributed by atoms with Crippen molar-refractivity contribution in [2.45, 2.75) is 32.4 Å². The number of nitrogens with one attached hydrogen (secondary N) is 1. The maximum Gasteiger partial charge on any atom is 0.150 e. The highest BCUT2D eigenvalue weighted by Gasteiger charge is 2.26. The Morgan fingerprint density at radius 3 is 3.12 bits per heavy atom. The molecule has 0 fully saturated rings. The summed E-state index contributed by atoms with van der Waals surface area (Å²) in [5, 5.41) is 8.67. The summed E-state index contributed by atoms with van der Waals surface area (Å²) < 4.78 is 0. The Balaban J connectivity index is 2.08. The van der Waals surface area contributed by atoms with Crippen LogP contribution in [0.25, 0.3) is 0 Å². The van der Waals surface area contributed by atoms with E-state index in [-0.39, 0.29) is 0 Å². The Labute approximate surface area is 99.4 Å². The summed E-state index contributed by atoms with van der Waals surface area (Å²) in [4.78, 5) is 16.1. The van der Waals surface area contributed by atoms with Crippen LogP contribution in [0.3, 0.4) is 0 Å². The van der Waals surface area contributed by atoms with Crippen molar-refractivity contribution in [2.75, 3.05) is 12.3 Å². The van der Waals surface area contributed by atoms with Crippen LogP contribution in [0.4, 0.5) is 5.82 Å². The molecule has 0 aliphatic carbocycles. The summed E-state index contributed by atoms with van der Waals surface area (Å²) in [6, 6.07) is 0. The minimum atomic E-state index is -0.655. The lowest BCUT2D eigenvalue weighted by molar-refractivity contribution is -0.225. The second-order valence-electron chi connectivity index (χ2n) is 4.64. The lowest BCUT2D eigenvalue weighted by atomic mass is 10.1. The Bertz CT molecular complexity index is 460. The molecule has 1 aliphatic heterocycles. The summed E-state index contributed by atoms with van der Waals surface area (Å²) in [5.41, 5.74) is 7.13. The molecule has 0 saturated heterocycles. The molecule has 1 aromatic heterocycles. The molecular formula is C11H16N4O2. The molecule has 0 radical (unpaired) electrons. The fourth-order valence-corrected chi connectivity index (χ4v) is 1.87.